The van der Waals surface area contributed by atoms with Gasteiger partial charge in [0.1, 0.15) is 17.9 Å². The molecule has 4 rings (SSSR count). The van der Waals surface area contributed by atoms with Crippen molar-refractivity contribution in [1.82, 2.24) is 10.2 Å². The molecule has 2 fully saturated rings. The summed E-state index contributed by atoms with van der Waals surface area (Å²) in [6.45, 7) is 4.28. The molecular formula is C27H34N2O5. The van der Waals surface area contributed by atoms with Gasteiger partial charge in [-0.05, 0) is 69.5 Å². The first kappa shape index (κ1) is 24.2. The summed E-state index contributed by atoms with van der Waals surface area (Å²) in [6.07, 6.45) is 3.03. The van der Waals surface area contributed by atoms with Crippen LogP contribution in [0.3, 0.4) is 0 Å². The van der Waals surface area contributed by atoms with Gasteiger partial charge in [-0.2, -0.15) is 0 Å². The maximum atomic E-state index is 13.8. The Kier molecular flexibility index (Phi) is 7.24. The first-order valence-electron chi connectivity index (χ1n) is 11.9. The van der Waals surface area contributed by atoms with E-state index in [4.69, 9.17) is 14.2 Å². The van der Waals surface area contributed by atoms with E-state index >= 15 is 0 Å². The number of ether oxygens (including phenoxy) is 3. The van der Waals surface area contributed by atoms with Crippen molar-refractivity contribution in [2.24, 2.45) is 0 Å². The van der Waals surface area contributed by atoms with Crippen LogP contribution in [-0.4, -0.2) is 62.8 Å². The van der Waals surface area contributed by atoms with Crippen molar-refractivity contribution < 1.29 is 23.8 Å². The van der Waals surface area contributed by atoms with Gasteiger partial charge in [0.25, 0.3) is 0 Å². The molecule has 2 aromatic rings. The fraction of sp³-hybridized carbons (Fsp3) is 0.481. The molecule has 0 unspecified atom stereocenters. The van der Waals surface area contributed by atoms with E-state index in [1.807, 2.05) is 50.4 Å². The van der Waals surface area contributed by atoms with Crippen LogP contribution < -0.4 is 10.1 Å². The van der Waals surface area contributed by atoms with E-state index in [1.54, 1.807) is 12.1 Å². The third-order valence-electron chi connectivity index (χ3n) is 7.15. The fourth-order valence-corrected chi connectivity index (χ4v) is 4.63. The summed E-state index contributed by atoms with van der Waals surface area (Å²) < 4.78 is 16.3. The number of nitrogens with one attached hydrogen (secondary N) is 1. The van der Waals surface area contributed by atoms with Crippen molar-refractivity contribution in [1.29, 1.82) is 0 Å². The van der Waals surface area contributed by atoms with E-state index in [-0.39, 0.29) is 17.4 Å². The van der Waals surface area contributed by atoms with Crippen LogP contribution in [0.2, 0.25) is 0 Å². The second-order valence-electron chi connectivity index (χ2n) is 9.33. The number of benzene rings is 2. The van der Waals surface area contributed by atoms with Gasteiger partial charge in [-0.25, -0.2) is 4.79 Å². The third-order valence-corrected chi connectivity index (χ3v) is 7.15. The van der Waals surface area contributed by atoms with Crippen molar-refractivity contribution in [3.05, 3.63) is 65.2 Å². The highest BCUT2D eigenvalue weighted by Gasteiger charge is 2.51. The molecule has 0 spiro atoms. The van der Waals surface area contributed by atoms with Crippen molar-refractivity contribution in [2.75, 3.05) is 40.5 Å². The number of carbonyl (C=O) groups excluding carboxylic acids is 2. The van der Waals surface area contributed by atoms with Gasteiger partial charge >= 0.3 is 5.97 Å². The van der Waals surface area contributed by atoms with Crippen LogP contribution in [0.1, 0.15) is 47.2 Å². The number of nitrogens with zero attached hydrogens (tertiary/aromatic N) is 1. The normalized spacial score (nSPS) is 18.2. The molecule has 2 aliphatic rings. The highest BCUT2D eigenvalue weighted by molar-refractivity contribution is 5.89. The van der Waals surface area contributed by atoms with Gasteiger partial charge in [0, 0.05) is 19.8 Å². The Bertz CT molecular complexity index is 993. The zero-order valence-corrected chi connectivity index (χ0v) is 20.3. The first-order chi connectivity index (χ1) is 16.4. The average Bonchev–Trinajstić information content (AvgIpc) is 3.65. The van der Waals surface area contributed by atoms with Crippen LogP contribution >= 0.6 is 0 Å². The second kappa shape index (κ2) is 10.2. The average molecular weight is 467 g/mol. The van der Waals surface area contributed by atoms with E-state index in [9.17, 15) is 9.59 Å². The predicted molar refractivity (Wildman–Crippen MR) is 129 cm³/mol. The maximum Gasteiger partial charge on any atom is 0.337 e. The zero-order chi connectivity index (χ0) is 24.2. The van der Waals surface area contributed by atoms with Gasteiger partial charge < -0.3 is 19.5 Å². The van der Waals surface area contributed by atoms with Crippen molar-refractivity contribution in [3.8, 4) is 5.75 Å². The summed E-state index contributed by atoms with van der Waals surface area (Å²) >= 11 is 0. The lowest BCUT2D eigenvalue weighted by molar-refractivity contribution is -0.140. The van der Waals surface area contributed by atoms with Crippen LogP contribution in [0.25, 0.3) is 0 Å². The van der Waals surface area contributed by atoms with E-state index in [0.717, 1.165) is 24.2 Å². The monoisotopic (exact) mass is 466 g/mol. The molecule has 1 N–H and O–H groups in total. The number of carbonyl (C=O) groups is 2. The summed E-state index contributed by atoms with van der Waals surface area (Å²) in [5, 5.41) is 3.36. The standard InChI is InChI=1S/C27H34N2O5/c1-20-4-10-23(11-5-20)34-19-16-29(2)27(14-17-33-18-15-27)25(31)28-26(12-13-26)22-8-6-21(7-9-22)24(30)32-3/h4-11H,12-19H2,1-3H3,(H,28,31). The van der Waals surface area contributed by atoms with E-state index in [0.29, 0.717) is 44.8 Å². The summed E-state index contributed by atoms with van der Waals surface area (Å²) in [4.78, 5) is 27.6. The number of esters is 1. The molecule has 1 saturated heterocycles. The van der Waals surface area contributed by atoms with Crippen LogP contribution in [0.15, 0.2) is 48.5 Å². The first-order valence-corrected chi connectivity index (χ1v) is 11.9. The Morgan fingerprint density at radius 3 is 2.24 bits per heavy atom. The van der Waals surface area contributed by atoms with Gasteiger partial charge in [0.15, 0.2) is 0 Å². The van der Waals surface area contributed by atoms with Crippen molar-refractivity contribution in [3.63, 3.8) is 0 Å². The molecule has 34 heavy (non-hydrogen) atoms. The molecule has 0 radical (unpaired) electrons. The number of hydrogen-bond donors (Lipinski definition) is 1. The second-order valence-corrected chi connectivity index (χ2v) is 9.33. The number of hydrogen-bond acceptors (Lipinski definition) is 6. The van der Waals surface area contributed by atoms with E-state index in [2.05, 4.69) is 10.2 Å². The van der Waals surface area contributed by atoms with Crippen LogP contribution in [0.4, 0.5) is 0 Å². The Morgan fingerprint density at radius 1 is 1.00 bits per heavy atom. The number of rotatable bonds is 9. The molecule has 1 saturated carbocycles. The largest absolute Gasteiger partial charge is 0.492 e. The molecule has 182 valence electrons. The molecule has 0 atom stereocenters. The smallest absolute Gasteiger partial charge is 0.337 e. The topological polar surface area (TPSA) is 77.1 Å². The summed E-state index contributed by atoms with van der Waals surface area (Å²) in [5.41, 5.74) is 1.69. The summed E-state index contributed by atoms with van der Waals surface area (Å²) in [7, 11) is 3.36. The SMILES string of the molecule is COC(=O)c1ccc(C2(NC(=O)C3(N(C)CCOc4ccc(C)cc4)CCOCC3)CC2)cc1. The highest BCUT2D eigenvalue weighted by Crippen LogP contribution is 2.46. The molecule has 1 heterocycles. The molecule has 7 nitrogen and oxygen atoms in total. The van der Waals surface area contributed by atoms with Gasteiger partial charge in [-0.15, -0.1) is 0 Å². The Hall–Kier alpha value is -2.90. The lowest BCUT2D eigenvalue weighted by atomic mass is 9.86. The Balaban J connectivity index is 1.43. The Morgan fingerprint density at radius 2 is 1.65 bits per heavy atom. The lowest BCUT2D eigenvalue weighted by Gasteiger charge is -2.43. The van der Waals surface area contributed by atoms with E-state index in [1.165, 1.54) is 12.7 Å². The fourth-order valence-electron chi connectivity index (χ4n) is 4.63. The summed E-state index contributed by atoms with van der Waals surface area (Å²) in [5.74, 6) is 0.496. The lowest BCUT2D eigenvalue weighted by Crippen LogP contribution is -2.62. The minimum absolute atomic E-state index is 0.0307. The van der Waals surface area contributed by atoms with Crippen LogP contribution in [-0.2, 0) is 19.8 Å². The van der Waals surface area contributed by atoms with Gasteiger partial charge in [0.2, 0.25) is 5.91 Å². The molecule has 0 aromatic heterocycles. The molecule has 2 aromatic carbocycles. The third kappa shape index (κ3) is 5.10. The molecule has 1 amide bonds. The van der Waals surface area contributed by atoms with Gasteiger partial charge in [-0.1, -0.05) is 29.8 Å². The number of methoxy groups -OCH3 is 1. The highest BCUT2D eigenvalue weighted by atomic mass is 16.5. The molecule has 0 bridgehead atoms. The molecule has 1 aliphatic heterocycles. The quantitative estimate of drug-likeness (QED) is 0.571. The summed E-state index contributed by atoms with van der Waals surface area (Å²) in [6, 6.07) is 15.3. The Labute approximate surface area is 201 Å². The number of aryl methyl sites for hydroxylation is 1. The van der Waals surface area contributed by atoms with Crippen molar-refractivity contribution >= 4 is 11.9 Å². The zero-order valence-electron chi connectivity index (χ0n) is 20.3. The minimum Gasteiger partial charge on any atom is -0.492 e. The maximum absolute atomic E-state index is 13.8. The molecule has 1 aliphatic carbocycles. The van der Waals surface area contributed by atoms with Crippen LogP contribution in [0, 0.1) is 6.92 Å². The molecule has 7 heteroatoms. The van der Waals surface area contributed by atoms with E-state index < -0.39 is 5.54 Å². The minimum atomic E-state index is -0.642. The van der Waals surface area contributed by atoms with Gasteiger partial charge in [0.05, 0.1) is 18.2 Å². The number of likely N-dealkylation sites (N-methyl/N-ethyl adjacent to an activating group) is 1. The number of amides is 1. The van der Waals surface area contributed by atoms with Crippen LogP contribution in [0.5, 0.6) is 5.75 Å². The van der Waals surface area contributed by atoms with Gasteiger partial charge in [-0.3, -0.25) is 9.69 Å². The van der Waals surface area contributed by atoms with Crippen molar-refractivity contribution in [2.45, 2.75) is 43.7 Å². The molecular weight excluding hydrogens is 432 g/mol. The predicted octanol–water partition coefficient (Wildman–Crippen LogP) is 3.45.